The molecule has 0 aliphatic rings. The van der Waals surface area contributed by atoms with Gasteiger partial charge in [0.15, 0.2) is 0 Å². The van der Waals surface area contributed by atoms with E-state index in [1.165, 1.54) is 6.07 Å². The Morgan fingerprint density at radius 1 is 1.04 bits per heavy atom. The summed E-state index contributed by atoms with van der Waals surface area (Å²) in [4.78, 5) is 8.10. The fourth-order valence-electron chi connectivity index (χ4n) is 2.85. The topological polar surface area (TPSA) is 40.7 Å². The Kier molecular flexibility index (Phi) is 4.44. The van der Waals surface area contributed by atoms with Crippen LogP contribution in [0.2, 0.25) is 0 Å². The monoisotopic (exact) mass is 311 g/mol. The van der Waals surface area contributed by atoms with Crippen LogP contribution in [0.25, 0.3) is 11.0 Å². The Balaban J connectivity index is 1.87. The summed E-state index contributed by atoms with van der Waals surface area (Å²) in [5.74, 6) is 1.07. The third-order valence-corrected chi connectivity index (χ3v) is 4.15. The molecule has 2 atom stereocenters. The number of rotatable bonds is 5. The molecule has 23 heavy (non-hydrogen) atoms. The Bertz CT molecular complexity index is 761. The molecule has 3 aromatic rings. The second kappa shape index (κ2) is 6.50. The molecule has 120 valence electrons. The maximum absolute atomic E-state index is 13.4. The van der Waals surface area contributed by atoms with Crippen molar-refractivity contribution in [3.8, 4) is 0 Å². The van der Waals surface area contributed by atoms with Crippen molar-refractivity contribution < 1.29 is 4.39 Å². The number of aromatic amines is 1. The summed E-state index contributed by atoms with van der Waals surface area (Å²) in [5, 5.41) is 3.58. The second-order valence-corrected chi connectivity index (χ2v) is 6.30. The first-order chi connectivity index (χ1) is 11.0. The van der Waals surface area contributed by atoms with Crippen LogP contribution in [0, 0.1) is 11.7 Å². The highest BCUT2D eigenvalue weighted by molar-refractivity contribution is 5.74. The van der Waals surface area contributed by atoms with Gasteiger partial charge < -0.3 is 10.3 Å². The maximum atomic E-state index is 13.4. The molecule has 0 aliphatic carbocycles. The number of nitrogens with one attached hydrogen (secondary N) is 2. The Morgan fingerprint density at radius 3 is 2.52 bits per heavy atom. The highest BCUT2D eigenvalue weighted by Crippen LogP contribution is 2.26. The van der Waals surface area contributed by atoms with E-state index >= 15 is 0 Å². The minimum absolute atomic E-state index is 0.0336. The van der Waals surface area contributed by atoms with Gasteiger partial charge in [0.1, 0.15) is 11.6 Å². The average Bonchev–Trinajstić information content (AvgIpc) is 2.95. The lowest BCUT2D eigenvalue weighted by Crippen LogP contribution is -2.29. The predicted molar refractivity (Wildman–Crippen MR) is 91.6 cm³/mol. The van der Waals surface area contributed by atoms with Crippen LogP contribution in [-0.2, 0) is 0 Å². The number of halogens is 1. The van der Waals surface area contributed by atoms with Crippen LogP contribution in [0.3, 0.4) is 0 Å². The van der Waals surface area contributed by atoms with E-state index in [2.05, 4.69) is 24.1 Å². The molecule has 0 fully saturated rings. The van der Waals surface area contributed by atoms with Crippen molar-refractivity contribution in [2.75, 3.05) is 0 Å². The van der Waals surface area contributed by atoms with Gasteiger partial charge in [0, 0.05) is 6.04 Å². The average molecular weight is 311 g/mol. The van der Waals surface area contributed by atoms with Crippen molar-refractivity contribution in [3.63, 3.8) is 0 Å². The van der Waals surface area contributed by atoms with E-state index in [4.69, 9.17) is 4.98 Å². The third-order valence-electron chi connectivity index (χ3n) is 4.15. The van der Waals surface area contributed by atoms with E-state index in [1.54, 1.807) is 12.1 Å². The number of benzene rings is 2. The molecular weight excluding hydrogens is 289 g/mol. The maximum Gasteiger partial charge on any atom is 0.124 e. The lowest BCUT2D eigenvalue weighted by atomic mass is 10.0. The van der Waals surface area contributed by atoms with Gasteiger partial charge in [0.2, 0.25) is 0 Å². The van der Waals surface area contributed by atoms with Gasteiger partial charge in [-0.25, -0.2) is 9.37 Å². The van der Waals surface area contributed by atoms with Crippen molar-refractivity contribution in [1.29, 1.82) is 0 Å². The molecule has 1 aromatic heterocycles. The van der Waals surface area contributed by atoms with Gasteiger partial charge in [-0.2, -0.15) is 0 Å². The lowest BCUT2D eigenvalue weighted by molar-refractivity contribution is 0.361. The van der Waals surface area contributed by atoms with Crippen molar-refractivity contribution in [1.82, 2.24) is 15.3 Å². The molecule has 0 radical (unpaired) electrons. The number of aromatic nitrogens is 2. The van der Waals surface area contributed by atoms with Crippen molar-refractivity contribution in [2.45, 2.75) is 32.9 Å². The summed E-state index contributed by atoms with van der Waals surface area (Å²) in [6.45, 7) is 6.36. The summed E-state index contributed by atoms with van der Waals surface area (Å²) < 4.78 is 13.4. The number of para-hydroxylation sites is 2. The zero-order valence-electron chi connectivity index (χ0n) is 13.7. The number of hydrogen-bond acceptors (Lipinski definition) is 2. The van der Waals surface area contributed by atoms with E-state index in [1.807, 2.05) is 37.3 Å². The summed E-state index contributed by atoms with van der Waals surface area (Å²) in [6, 6.07) is 14.8. The molecule has 0 bridgehead atoms. The minimum Gasteiger partial charge on any atom is -0.341 e. The van der Waals surface area contributed by atoms with Gasteiger partial charge in [0.05, 0.1) is 17.1 Å². The van der Waals surface area contributed by atoms with E-state index in [9.17, 15) is 4.39 Å². The van der Waals surface area contributed by atoms with E-state index < -0.39 is 0 Å². The molecule has 1 heterocycles. The van der Waals surface area contributed by atoms with Gasteiger partial charge in [-0.3, -0.25) is 0 Å². The molecular formula is C19H22FN3. The van der Waals surface area contributed by atoms with Crippen LogP contribution < -0.4 is 5.32 Å². The van der Waals surface area contributed by atoms with Crippen molar-refractivity contribution >= 4 is 11.0 Å². The number of hydrogen-bond donors (Lipinski definition) is 2. The second-order valence-electron chi connectivity index (χ2n) is 6.30. The molecule has 0 aliphatic heterocycles. The fraction of sp³-hybridized carbons (Fsp3) is 0.316. The smallest absolute Gasteiger partial charge is 0.124 e. The first-order valence-corrected chi connectivity index (χ1v) is 8.00. The largest absolute Gasteiger partial charge is 0.341 e. The number of nitrogens with zero attached hydrogens (tertiary/aromatic N) is 1. The van der Waals surface area contributed by atoms with Crippen LogP contribution in [0.15, 0.2) is 48.5 Å². The number of imidazole rings is 1. The molecule has 3 nitrogen and oxygen atoms in total. The zero-order valence-corrected chi connectivity index (χ0v) is 13.7. The first-order valence-electron chi connectivity index (χ1n) is 8.00. The van der Waals surface area contributed by atoms with E-state index in [-0.39, 0.29) is 17.9 Å². The van der Waals surface area contributed by atoms with Gasteiger partial charge in [-0.05, 0) is 42.7 Å². The minimum atomic E-state index is -0.207. The molecule has 2 N–H and O–H groups in total. The molecule has 0 unspecified atom stereocenters. The molecule has 0 saturated heterocycles. The van der Waals surface area contributed by atoms with Gasteiger partial charge in [0.25, 0.3) is 0 Å². The number of H-pyrrole nitrogens is 1. The standard InChI is InChI=1S/C19H22FN3/c1-12(2)18(19-22-16-9-4-5-10-17(16)23-19)21-13(3)14-7-6-8-15(20)11-14/h4-13,18,21H,1-3H3,(H,22,23)/t13-,18-/m1/s1. The SMILES string of the molecule is CC(C)[C@@H](N[C@H](C)c1cccc(F)c1)c1nc2ccccc2[nH]1. The summed E-state index contributed by atoms with van der Waals surface area (Å²) in [7, 11) is 0. The highest BCUT2D eigenvalue weighted by Gasteiger charge is 2.22. The summed E-state index contributed by atoms with van der Waals surface area (Å²) in [6.07, 6.45) is 0. The Labute approximate surface area is 136 Å². The van der Waals surface area contributed by atoms with Crippen molar-refractivity contribution in [3.05, 3.63) is 65.7 Å². The summed E-state index contributed by atoms with van der Waals surface area (Å²) >= 11 is 0. The molecule has 4 heteroatoms. The summed E-state index contributed by atoms with van der Waals surface area (Å²) in [5.41, 5.74) is 2.94. The van der Waals surface area contributed by atoms with Crippen LogP contribution in [0.5, 0.6) is 0 Å². The molecule has 0 saturated carbocycles. The van der Waals surface area contributed by atoms with E-state index in [0.29, 0.717) is 5.92 Å². The predicted octanol–water partition coefficient (Wildman–Crippen LogP) is 4.75. The number of fused-ring (bicyclic) bond motifs is 1. The lowest BCUT2D eigenvalue weighted by Gasteiger charge is -2.25. The van der Waals surface area contributed by atoms with E-state index in [0.717, 1.165) is 22.4 Å². The van der Waals surface area contributed by atoms with Crippen molar-refractivity contribution in [2.24, 2.45) is 5.92 Å². The Hall–Kier alpha value is -2.20. The van der Waals surface area contributed by atoms with Crippen LogP contribution >= 0.6 is 0 Å². The first kappa shape index (κ1) is 15.7. The quantitative estimate of drug-likeness (QED) is 0.714. The zero-order chi connectivity index (χ0) is 16.4. The van der Waals surface area contributed by atoms with Gasteiger partial charge >= 0.3 is 0 Å². The third kappa shape index (κ3) is 3.42. The van der Waals surface area contributed by atoms with Gasteiger partial charge in [-0.15, -0.1) is 0 Å². The molecule has 0 spiro atoms. The van der Waals surface area contributed by atoms with Gasteiger partial charge in [-0.1, -0.05) is 38.1 Å². The fourth-order valence-corrected chi connectivity index (χ4v) is 2.85. The molecule has 2 aromatic carbocycles. The highest BCUT2D eigenvalue weighted by atomic mass is 19.1. The molecule has 0 amide bonds. The van der Waals surface area contributed by atoms with Crippen LogP contribution in [0.4, 0.5) is 4.39 Å². The van der Waals surface area contributed by atoms with Crippen LogP contribution in [0.1, 0.15) is 44.2 Å². The Morgan fingerprint density at radius 2 is 1.83 bits per heavy atom. The normalized spacial score (nSPS) is 14.3. The molecule has 3 rings (SSSR count). The van der Waals surface area contributed by atoms with Crippen LogP contribution in [-0.4, -0.2) is 9.97 Å².